The predicted octanol–water partition coefficient (Wildman–Crippen LogP) is 5.38. The Bertz CT molecular complexity index is 1240. The number of rotatable bonds is 5. The Hall–Kier alpha value is -3.16. The number of amides is 1. The van der Waals surface area contributed by atoms with Gasteiger partial charge in [0.05, 0.1) is 17.0 Å². The summed E-state index contributed by atoms with van der Waals surface area (Å²) in [6.45, 7) is 2.04. The molecule has 2 aromatic carbocycles. The Balaban J connectivity index is 1.62. The van der Waals surface area contributed by atoms with Crippen LogP contribution in [0.5, 0.6) is 0 Å². The predicted molar refractivity (Wildman–Crippen MR) is 119 cm³/mol. The molecule has 0 aliphatic rings. The topological polar surface area (TPSA) is 73.2 Å². The second-order valence-electron chi connectivity index (χ2n) is 6.56. The van der Waals surface area contributed by atoms with Crippen LogP contribution >= 0.6 is 22.9 Å². The van der Waals surface area contributed by atoms with Crippen molar-refractivity contribution in [3.63, 3.8) is 0 Å². The Morgan fingerprint density at radius 3 is 2.67 bits per heavy atom. The van der Waals surface area contributed by atoms with Gasteiger partial charge in [-0.05, 0) is 43.3 Å². The van der Waals surface area contributed by atoms with Crippen LogP contribution in [0.4, 0.5) is 5.69 Å². The number of nitrogens with zero attached hydrogens (tertiary/aromatic N) is 2. The fourth-order valence-electron chi connectivity index (χ4n) is 3.10. The number of thiophene rings is 1. The van der Waals surface area contributed by atoms with Crippen LogP contribution in [0, 0.1) is 0 Å². The van der Waals surface area contributed by atoms with Gasteiger partial charge in [-0.25, -0.2) is 4.79 Å². The smallest absolute Gasteiger partial charge is 0.338 e. The Morgan fingerprint density at radius 1 is 1.17 bits per heavy atom. The molecule has 0 spiro atoms. The maximum Gasteiger partial charge on any atom is 0.338 e. The van der Waals surface area contributed by atoms with Crippen LogP contribution in [0.15, 0.2) is 54.6 Å². The number of esters is 1. The van der Waals surface area contributed by atoms with Crippen molar-refractivity contribution in [3.8, 4) is 11.3 Å². The third-order valence-corrected chi connectivity index (χ3v) is 5.94. The molecule has 4 rings (SSSR count). The molecule has 6 nitrogen and oxygen atoms in total. The lowest BCUT2D eigenvalue weighted by Gasteiger charge is -2.06. The van der Waals surface area contributed by atoms with Gasteiger partial charge in [-0.15, -0.1) is 11.3 Å². The highest BCUT2D eigenvalue weighted by atomic mass is 35.5. The van der Waals surface area contributed by atoms with Crippen LogP contribution in [0.2, 0.25) is 5.02 Å². The van der Waals surface area contributed by atoms with E-state index in [9.17, 15) is 9.59 Å². The molecule has 0 fully saturated rings. The average molecular weight is 440 g/mol. The second kappa shape index (κ2) is 8.30. The molecule has 0 radical (unpaired) electrons. The number of halogens is 1. The fourth-order valence-corrected chi connectivity index (χ4v) is 4.20. The number of ether oxygens (including phenoxy) is 1. The van der Waals surface area contributed by atoms with E-state index in [0.717, 1.165) is 21.5 Å². The summed E-state index contributed by atoms with van der Waals surface area (Å²) in [6, 6.07) is 16.0. The van der Waals surface area contributed by atoms with E-state index in [1.54, 1.807) is 35.9 Å². The van der Waals surface area contributed by atoms with Gasteiger partial charge in [0.1, 0.15) is 10.5 Å². The Labute approximate surface area is 182 Å². The van der Waals surface area contributed by atoms with Crippen LogP contribution < -0.4 is 5.32 Å². The van der Waals surface area contributed by atoms with Gasteiger partial charge in [0.15, 0.2) is 0 Å². The summed E-state index contributed by atoms with van der Waals surface area (Å²) in [4.78, 5) is 26.2. The minimum absolute atomic E-state index is 0.251. The number of aryl methyl sites for hydroxylation is 1. The highest BCUT2D eigenvalue weighted by molar-refractivity contribution is 7.20. The monoisotopic (exact) mass is 439 g/mol. The summed E-state index contributed by atoms with van der Waals surface area (Å²) in [5.74, 6) is -0.673. The van der Waals surface area contributed by atoms with Crippen LogP contribution in [0.1, 0.15) is 27.0 Å². The highest BCUT2D eigenvalue weighted by Gasteiger charge is 2.18. The molecule has 152 valence electrons. The van der Waals surface area contributed by atoms with Crippen molar-refractivity contribution in [2.24, 2.45) is 7.05 Å². The zero-order chi connectivity index (χ0) is 21.3. The van der Waals surface area contributed by atoms with E-state index in [2.05, 4.69) is 10.4 Å². The fraction of sp³-hybridized carbons (Fsp3) is 0.136. The lowest BCUT2D eigenvalue weighted by Crippen LogP contribution is -2.11. The third kappa shape index (κ3) is 3.94. The van der Waals surface area contributed by atoms with Gasteiger partial charge in [-0.2, -0.15) is 5.10 Å². The van der Waals surface area contributed by atoms with Crippen molar-refractivity contribution in [2.75, 3.05) is 11.9 Å². The van der Waals surface area contributed by atoms with E-state index in [4.69, 9.17) is 16.3 Å². The SMILES string of the molecule is CCOC(=O)c1cccc(NC(=O)c2cc3c(-c4ccc(Cl)cc4)nn(C)c3s2)c1. The van der Waals surface area contributed by atoms with Gasteiger partial charge in [-0.3, -0.25) is 9.48 Å². The molecular weight excluding hydrogens is 422 g/mol. The first-order chi connectivity index (χ1) is 14.5. The number of fused-ring (bicyclic) bond motifs is 1. The molecule has 0 bridgehead atoms. The molecule has 0 aliphatic heterocycles. The molecule has 8 heteroatoms. The lowest BCUT2D eigenvalue weighted by molar-refractivity contribution is 0.0526. The molecule has 0 saturated carbocycles. The zero-order valence-electron chi connectivity index (χ0n) is 16.3. The van der Waals surface area contributed by atoms with E-state index in [-0.39, 0.29) is 5.91 Å². The van der Waals surface area contributed by atoms with Gasteiger partial charge in [0, 0.05) is 28.7 Å². The number of benzene rings is 2. The molecule has 30 heavy (non-hydrogen) atoms. The highest BCUT2D eigenvalue weighted by Crippen LogP contribution is 2.34. The number of anilines is 1. The maximum absolute atomic E-state index is 12.8. The first-order valence-electron chi connectivity index (χ1n) is 9.27. The quantitative estimate of drug-likeness (QED) is 0.423. The van der Waals surface area contributed by atoms with Gasteiger partial charge >= 0.3 is 5.97 Å². The second-order valence-corrected chi connectivity index (χ2v) is 8.03. The number of carbonyl (C=O) groups is 2. The minimum Gasteiger partial charge on any atom is -0.462 e. The van der Waals surface area contributed by atoms with Crippen molar-refractivity contribution < 1.29 is 14.3 Å². The van der Waals surface area contributed by atoms with E-state index in [0.29, 0.717) is 27.8 Å². The van der Waals surface area contributed by atoms with Gasteiger partial charge in [0.25, 0.3) is 5.91 Å². The van der Waals surface area contributed by atoms with Crippen LogP contribution in [0.25, 0.3) is 21.5 Å². The van der Waals surface area contributed by atoms with Crippen molar-refractivity contribution in [3.05, 3.63) is 70.1 Å². The lowest BCUT2D eigenvalue weighted by atomic mass is 10.1. The molecule has 2 heterocycles. The number of carbonyl (C=O) groups excluding carboxylic acids is 2. The maximum atomic E-state index is 12.8. The largest absolute Gasteiger partial charge is 0.462 e. The molecule has 0 unspecified atom stereocenters. The zero-order valence-corrected chi connectivity index (χ0v) is 17.9. The third-order valence-electron chi connectivity index (χ3n) is 4.48. The molecule has 2 aromatic heterocycles. The van der Waals surface area contributed by atoms with Crippen molar-refractivity contribution >= 4 is 50.7 Å². The van der Waals surface area contributed by atoms with Crippen LogP contribution in [-0.4, -0.2) is 28.3 Å². The van der Waals surface area contributed by atoms with E-state index in [1.165, 1.54) is 11.3 Å². The van der Waals surface area contributed by atoms with Crippen LogP contribution in [0.3, 0.4) is 0 Å². The summed E-state index contributed by atoms with van der Waals surface area (Å²) in [6.07, 6.45) is 0. The standard InChI is InChI=1S/C22H18ClN3O3S/c1-3-29-22(28)14-5-4-6-16(11-14)24-20(27)18-12-17-19(25-26(2)21(17)30-18)13-7-9-15(23)10-8-13/h4-12H,3H2,1-2H3,(H,24,27). The van der Waals surface area contributed by atoms with Crippen molar-refractivity contribution in [2.45, 2.75) is 6.92 Å². The van der Waals surface area contributed by atoms with E-state index < -0.39 is 5.97 Å². The minimum atomic E-state index is -0.422. The molecule has 1 N–H and O–H groups in total. The van der Waals surface area contributed by atoms with Gasteiger partial charge < -0.3 is 10.1 Å². The average Bonchev–Trinajstić information content (AvgIpc) is 3.30. The summed E-state index contributed by atoms with van der Waals surface area (Å²) < 4.78 is 6.78. The van der Waals surface area contributed by atoms with E-state index in [1.807, 2.05) is 37.4 Å². The number of hydrogen-bond acceptors (Lipinski definition) is 5. The van der Waals surface area contributed by atoms with Crippen LogP contribution in [-0.2, 0) is 11.8 Å². The van der Waals surface area contributed by atoms with Gasteiger partial charge in [-0.1, -0.05) is 29.8 Å². The summed E-state index contributed by atoms with van der Waals surface area (Å²) in [7, 11) is 1.85. The van der Waals surface area contributed by atoms with Crippen molar-refractivity contribution in [1.82, 2.24) is 9.78 Å². The molecular formula is C22H18ClN3O3S. The van der Waals surface area contributed by atoms with Crippen molar-refractivity contribution in [1.29, 1.82) is 0 Å². The van der Waals surface area contributed by atoms with E-state index >= 15 is 0 Å². The number of hydrogen-bond donors (Lipinski definition) is 1. The van der Waals surface area contributed by atoms with Gasteiger partial charge in [0.2, 0.25) is 0 Å². The Kier molecular flexibility index (Phi) is 5.57. The molecule has 1 amide bonds. The normalized spacial score (nSPS) is 10.9. The molecule has 0 aliphatic carbocycles. The first-order valence-corrected chi connectivity index (χ1v) is 10.5. The molecule has 0 saturated heterocycles. The summed E-state index contributed by atoms with van der Waals surface area (Å²) in [5, 5.41) is 8.98. The summed E-state index contributed by atoms with van der Waals surface area (Å²) >= 11 is 7.35. The molecule has 4 aromatic rings. The first kappa shape index (κ1) is 20.1. The Morgan fingerprint density at radius 2 is 1.93 bits per heavy atom. The molecule has 0 atom stereocenters. The summed E-state index contributed by atoms with van der Waals surface area (Å²) in [5.41, 5.74) is 2.64. The number of nitrogens with one attached hydrogen (secondary N) is 1. The number of aromatic nitrogens is 2.